The summed E-state index contributed by atoms with van der Waals surface area (Å²) in [7, 11) is 0. The highest BCUT2D eigenvalue weighted by atomic mass is 35.5. The maximum absolute atomic E-state index is 12.0. The molecular formula is C17H24ClNO. The zero-order valence-electron chi connectivity index (χ0n) is 12.2. The van der Waals surface area contributed by atoms with Crippen LogP contribution in [0.1, 0.15) is 36.8 Å². The topological polar surface area (TPSA) is 29.1 Å². The molecule has 0 saturated heterocycles. The highest BCUT2D eigenvalue weighted by Crippen LogP contribution is 2.30. The summed E-state index contributed by atoms with van der Waals surface area (Å²) in [5, 5.41) is 3.09. The monoisotopic (exact) mass is 293 g/mol. The fraction of sp³-hybridized carbons (Fsp3) is 0.588. The lowest BCUT2D eigenvalue weighted by atomic mass is 9.80. The molecule has 1 N–H and O–H groups in total. The minimum Gasteiger partial charge on any atom is -0.356 e. The van der Waals surface area contributed by atoms with Gasteiger partial charge in [-0.2, -0.15) is 0 Å². The first-order valence-corrected chi connectivity index (χ1v) is 8.10. The molecule has 2 unspecified atom stereocenters. The predicted molar refractivity (Wildman–Crippen MR) is 84.1 cm³/mol. The molecule has 2 nitrogen and oxygen atoms in total. The lowest BCUT2D eigenvalue weighted by molar-refractivity contribution is -0.120. The van der Waals surface area contributed by atoms with E-state index in [1.165, 1.54) is 31.2 Å². The largest absolute Gasteiger partial charge is 0.356 e. The Hall–Kier alpha value is -1.02. The summed E-state index contributed by atoms with van der Waals surface area (Å²) in [6.07, 6.45) is 5.43. The summed E-state index contributed by atoms with van der Waals surface area (Å²) in [6, 6.07) is 8.13. The first-order valence-electron chi connectivity index (χ1n) is 7.57. The summed E-state index contributed by atoms with van der Waals surface area (Å²) in [5.41, 5.74) is 2.28. The summed E-state index contributed by atoms with van der Waals surface area (Å²) in [5.74, 6) is 1.97. The van der Waals surface area contributed by atoms with Crippen LogP contribution in [0.15, 0.2) is 24.3 Å². The van der Waals surface area contributed by atoms with Crippen LogP contribution in [0.5, 0.6) is 0 Å². The quantitative estimate of drug-likeness (QED) is 0.824. The average Bonchev–Trinajstić information content (AvgIpc) is 2.45. The van der Waals surface area contributed by atoms with Crippen molar-refractivity contribution in [3.63, 3.8) is 0 Å². The number of amides is 1. The third kappa shape index (κ3) is 4.52. The van der Waals surface area contributed by atoms with Crippen molar-refractivity contribution in [2.24, 2.45) is 11.8 Å². The molecule has 1 saturated carbocycles. The second-order valence-corrected chi connectivity index (χ2v) is 6.24. The van der Waals surface area contributed by atoms with Crippen molar-refractivity contribution in [3.05, 3.63) is 35.4 Å². The number of nitrogens with one attached hydrogen (secondary N) is 1. The van der Waals surface area contributed by atoms with Gasteiger partial charge in [0.1, 0.15) is 0 Å². The Labute approximate surface area is 126 Å². The van der Waals surface area contributed by atoms with E-state index in [0.717, 1.165) is 18.0 Å². The van der Waals surface area contributed by atoms with Gasteiger partial charge in [0.15, 0.2) is 0 Å². The van der Waals surface area contributed by atoms with E-state index in [4.69, 9.17) is 11.6 Å². The number of hydrogen-bond donors (Lipinski definition) is 1. The number of alkyl halides is 1. The molecular weight excluding hydrogens is 270 g/mol. The second kappa shape index (κ2) is 7.68. The molecule has 1 aliphatic carbocycles. The molecule has 3 heteroatoms. The molecule has 0 heterocycles. The summed E-state index contributed by atoms with van der Waals surface area (Å²) < 4.78 is 0. The molecule has 20 heavy (non-hydrogen) atoms. The molecule has 2 rings (SSSR count). The van der Waals surface area contributed by atoms with Gasteiger partial charge in [0, 0.05) is 12.4 Å². The van der Waals surface area contributed by atoms with Crippen LogP contribution in [0, 0.1) is 18.8 Å². The smallest absolute Gasteiger partial charge is 0.224 e. The van der Waals surface area contributed by atoms with Crippen molar-refractivity contribution in [1.29, 1.82) is 0 Å². The molecule has 1 amide bonds. The highest BCUT2D eigenvalue weighted by Gasteiger charge is 2.24. The van der Waals surface area contributed by atoms with E-state index in [9.17, 15) is 4.79 Å². The SMILES string of the molecule is Cc1cccc(CC(=O)NCC2CCCCC2CCl)c1. The van der Waals surface area contributed by atoms with Crippen molar-refractivity contribution in [1.82, 2.24) is 5.32 Å². The number of hydrogen-bond acceptors (Lipinski definition) is 1. The molecule has 1 fully saturated rings. The normalized spacial score (nSPS) is 22.5. The first-order chi connectivity index (χ1) is 9.69. The number of carbonyl (C=O) groups excluding carboxylic acids is 1. The van der Waals surface area contributed by atoms with E-state index in [-0.39, 0.29) is 5.91 Å². The Morgan fingerprint density at radius 1 is 1.30 bits per heavy atom. The van der Waals surface area contributed by atoms with Gasteiger partial charge in [-0.25, -0.2) is 0 Å². The fourth-order valence-corrected chi connectivity index (χ4v) is 3.48. The van der Waals surface area contributed by atoms with Crippen LogP contribution >= 0.6 is 11.6 Å². The summed E-state index contributed by atoms with van der Waals surface area (Å²) in [4.78, 5) is 12.0. The van der Waals surface area contributed by atoms with E-state index < -0.39 is 0 Å². The van der Waals surface area contributed by atoms with Crippen molar-refractivity contribution in [2.45, 2.75) is 39.0 Å². The number of aryl methyl sites for hydroxylation is 1. The van der Waals surface area contributed by atoms with Crippen LogP contribution < -0.4 is 5.32 Å². The molecule has 1 aromatic rings. The lowest BCUT2D eigenvalue weighted by Gasteiger charge is -2.30. The summed E-state index contributed by atoms with van der Waals surface area (Å²) >= 11 is 6.02. The number of halogens is 1. The highest BCUT2D eigenvalue weighted by molar-refractivity contribution is 6.18. The van der Waals surface area contributed by atoms with Crippen LogP contribution in [0.2, 0.25) is 0 Å². The Kier molecular flexibility index (Phi) is 5.90. The third-order valence-electron chi connectivity index (χ3n) is 4.27. The third-order valence-corrected chi connectivity index (χ3v) is 4.67. The zero-order chi connectivity index (χ0) is 14.4. The first kappa shape index (κ1) is 15.4. The van der Waals surface area contributed by atoms with Crippen LogP contribution in [0.3, 0.4) is 0 Å². The molecule has 110 valence electrons. The summed E-state index contributed by atoms with van der Waals surface area (Å²) in [6.45, 7) is 2.83. The maximum Gasteiger partial charge on any atom is 0.224 e. The van der Waals surface area contributed by atoms with E-state index in [0.29, 0.717) is 18.3 Å². The van der Waals surface area contributed by atoms with Gasteiger partial charge >= 0.3 is 0 Å². The minimum atomic E-state index is 0.120. The Balaban J connectivity index is 1.79. The van der Waals surface area contributed by atoms with Crippen LogP contribution in [-0.4, -0.2) is 18.3 Å². The molecule has 2 atom stereocenters. The van der Waals surface area contributed by atoms with Gasteiger partial charge in [-0.05, 0) is 37.2 Å². The van der Waals surface area contributed by atoms with Gasteiger partial charge in [-0.15, -0.1) is 11.6 Å². The lowest BCUT2D eigenvalue weighted by Crippen LogP contribution is -2.35. The molecule has 0 aliphatic heterocycles. The maximum atomic E-state index is 12.0. The van der Waals surface area contributed by atoms with Gasteiger partial charge in [0.2, 0.25) is 5.91 Å². The molecule has 0 aromatic heterocycles. The van der Waals surface area contributed by atoms with Crippen LogP contribution in [0.4, 0.5) is 0 Å². The minimum absolute atomic E-state index is 0.120. The van der Waals surface area contributed by atoms with Gasteiger partial charge in [0.25, 0.3) is 0 Å². The van der Waals surface area contributed by atoms with Gasteiger partial charge < -0.3 is 5.32 Å². The van der Waals surface area contributed by atoms with Gasteiger partial charge in [-0.3, -0.25) is 4.79 Å². The van der Waals surface area contributed by atoms with Crippen molar-refractivity contribution < 1.29 is 4.79 Å². The molecule has 0 spiro atoms. The fourth-order valence-electron chi connectivity index (χ4n) is 3.07. The molecule has 0 bridgehead atoms. The molecule has 1 aromatic carbocycles. The van der Waals surface area contributed by atoms with E-state index in [1.807, 2.05) is 12.1 Å². The van der Waals surface area contributed by atoms with E-state index in [2.05, 4.69) is 24.4 Å². The second-order valence-electron chi connectivity index (χ2n) is 5.93. The van der Waals surface area contributed by atoms with Crippen LogP contribution in [0.25, 0.3) is 0 Å². The Bertz CT molecular complexity index is 446. The van der Waals surface area contributed by atoms with Crippen molar-refractivity contribution in [2.75, 3.05) is 12.4 Å². The molecule has 0 radical (unpaired) electrons. The Morgan fingerprint density at radius 2 is 2.05 bits per heavy atom. The van der Waals surface area contributed by atoms with E-state index >= 15 is 0 Å². The van der Waals surface area contributed by atoms with Crippen molar-refractivity contribution in [3.8, 4) is 0 Å². The van der Waals surface area contributed by atoms with Gasteiger partial charge in [-0.1, -0.05) is 42.7 Å². The van der Waals surface area contributed by atoms with Crippen LogP contribution in [-0.2, 0) is 11.2 Å². The van der Waals surface area contributed by atoms with E-state index in [1.54, 1.807) is 0 Å². The number of rotatable bonds is 5. The standard InChI is InChI=1S/C17H24ClNO/c1-13-5-4-6-14(9-13)10-17(20)19-12-16-8-3-2-7-15(16)11-18/h4-6,9,15-16H,2-3,7-8,10-12H2,1H3,(H,19,20). The zero-order valence-corrected chi connectivity index (χ0v) is 13.0. The molecule has 1 aliphatic rings. The average molecular weight is 294 g/mol. The number of benzene rings is 1. The predicted octanol–water partition coefficient (Wildman–Crippen LogP) is 3.70. The number of carbonyl (C=O) groups is 1. The van der Waals surface area contributed by atoms with Gasteiger partial charge in [0.05, 0.1) is 6.42 Å². The Morgan fingerprint density at radius 3 is 2.75 bits per heavy atom. The van der Waals surface area contributed by atoms with Crippen molar-refractivity contribution >= 4 is 17.5 Å².